The molecule has 0 unspecified atom stereocenters. The zero-order valence-electron chi connectivity index (χ0n) is 19.3. The van der Waals surface area contributed by atoms with E-state index < -0.39 is 12.1 Å². The van der Waals surface area contributed by atoms with Gasteiger partial charge in [-0.2, -0.15) is 0 Å². The largest absolute Gasteiger partial charge is 0.497 e. The first kappa shape index (κ1) is 21.4. The van der Waals surface area contributed by atoms with E-state index >= 15 is 0 Å². The fourth-order valence-electron chi connectivity index (χ4n) is 5.23. The lowest BCUT2D eigenvalue weighted by molar-refractivity contribution is -0.158. The number of amides is 2. The number of para-hydroxylation sites is 1. The van der Waals surface area contributed by atoms with Crippen molar-refractivity contribution in [2.24, 2.45) is 0 Å². The molecule has 2 amide bonds. The Labute approximate surface area is 193 Å². The molecule has 7 heteroatoms. The molecule has 2 aliphatic heterocycles. The lowest BCUT2D eigenvalue weighted by Crippen LogP contribution is -2.63. The van der Waals surface area contributed by atoms with Crippen molar-refractivity contribution in [3.63, 3.8) is 0 Å². The third-order valence-corrected chi connectivity index (χ3v) is 6.86. The van der Waals surface area contributed by atoms with Crippen molar-refractivity contribution in [2.75, 3.05) is 27.3 Å². The molecule has 2 atom stereocenters. The van der Waals surface area contributed by atoms with Gasteiger partial charge in [0.05, 0.1) is 20.8 Å². The topological polar surface area (TPSA) is 74.9 Å². The van der Waals surface area contributed by atoms with Crippen LogP contribution in [0.15, 0.2) is 42.5 Å². The highest BCUT2D eigenvalue weighted by Gasteiger charge is 2.48. The summed E-state index contributed by atoms with van der Waals surface area (Å²) in [6, 6.07) is 12.7. The molecular weight excluding hydrogens is 418 g/mol. The predicted octanol–water partition coefficient (Wildman–Crippen LogP) is 3.67. The quantitative estimate of drug-likeness (QED) is 0.626. The van der Waals surface area contributed by atoms with Crippen molar-refractivity contribution < 1.29 is 19.1 Å². The van der Waals surface area contributed by atoms with Crippen LogP contribution in [0.25, 0.3) is 10.9 Å². The Morgan fingerprint density at radius 3 is 2.67 bits per heavy atom. The van der Waals surface area contributed by atoms with Crippen LogP contribution < -0.4 is 9.47 Å². The summed E-state index contributed by atoms with van der Waals surface area (Å²) >= 11 is 0. The maximum atomic E-state index is 13.6. The predicted molar refractivity (Wildman–Crippen MR) is 126 cm³/mol. The number of carbonyl (C=O) groups is 2. The fourth-order valence-corrected chi connectivity index (χ4v) is 5.23. The van der Waals surface area contributed by atoms with Gasteiger partial charge in [0, 0.05) is 41.2 Å². The Kier molecular flexibility index (Phi) is 5.48. The Bertz CT molecular complexity index is 1220. The van der Waals surface area contributed by atoms with Crippen LogP contribution in [0.3, 0.4) is 0 Å². The van der Waals surface area contributed by atoms with Gasteiger partial charge in [-0.1, -0.05) is 31.5 Å². The summed E-state index contributed by atoms with van der Waals surface area (Å²) in [5, 5.41) is 1.09. The van der Waals surface area contributed by atoms with E-state index in [-0.39, 0.29) is 18.4 Å². The lowest BCUT2D eigenvalue weighted by Gasteiger charge is -2.47. The number of methoxy groups -OCH3 is 2. The third kappa shape index (κ3) is 3.43. The highest BCUT2D eigenvalue weighted by molar-refractivity contribution is 5.97. The molecule has 1 fully saturated rings. The molecule has 1 N–H and O–H groups in total. The second-order valence-electron chi connectivity index (χ2n) is 8.71. The number of carbonyl (C=O) groups excluding carboxylic acids is 2. The van der Waals surface area contributed by atoms with Crippen LogP contribution in [0.1, 0.15) is 42.6 Å². The van der Waals surface area contributed by atoms with Crippen molar-refractivity contribution in [1.29, 1.82) is 0 Å². The summed E-state index contributed by atoms with van der Waals surface area (Å²) in [4.78, 5) is 34.2. The molecule has 33 heavy (non-hydrogen) atoms. The minimum atomic E-state index is -0.536. The third-order valence-electron chi connectivity index (χ3n) is 6.86. The van der Waals surface area contributed by atoms with Crippen LogP contribution in [-0.2, 0) is 16.0 Å². The number of nitrogens with one attached hydrogen (secondary N) is 1. The average Bonchev–Trinajstić information content (AvgIpc) is 3.22. The van der Waals surface area contributed by atoms with Crippen molar-refractivity contribution in [2.45, 2.75) is 38.3 Å². The Morgan fingerprint density at radius 1 is 1.09 bits per heavy atom. The van der Waals surface area contributed by atoms with Gasteiger partial charge in [-0.15, -0.1) is 0 Å². The van der Waals surface area contributed by atoms with Crippen LogP contribution >= 0.6 is 0 Å². The second-order valence-corrected chi connectivity index (χ2v) is 8.71. The van der Waals surface area contributed by atoms with Gasteiger partial charge in [0.1, 0.15) is 23.6 Å². The van der Waals surface area contributed by atoms with Crippen LogP contribution in [0.5, 0.6) is 11.5 Å². The first-order chi connectivity index (χ1) is 16.1. The number of fused-ring (bicyclic) bond motifs is 4. The number of nitrogens with zero attached hydrogens (tertiary/aromatic N) is 2. The van der Waals surface area contributed by atoms with Crippen LogP contribution in [-0.4, -0.2) is 59.9 Å². The van der Waals surface area contributed by atoms with E-state index in [9.17, 15) is 9.59 Å². The summed E-state index contributed by atoms with van der Waals surface area (Å²) in [6.45, 7) is 2.82. The molecule has 172 valence electrons. The molecule has 0 aliphatic carbocycles. The van der Waals surface area contributed by atoms with Crippen LogP contribution in [0.2, 0.25) is 0 Å². The van der Waals surface area contributed by atoms with Crippen molar-refractivity contribution in [1.82, 2.24) is 14.8 Å². The Morgan fingerprint density at radius 2 is 1.91 bits per heavy atom. The smallest absolute Gasteiger partial charge is 0.246 e. The summed E-state index contributed by atoms with van der Waals surface area (Å²) < 4.78 is 11.1. The second kappa shape index (κ2) is 8.46. The van der Waals surface area contributed by atoms with Gasteiger partial charge < -0.3 is 24.3 Å². The van der Waals surface area contributed by atoms with Gasteiger partial charge in [-0.05, 0) is 30.2 Å². The molecule has 2 aliphatic rings. The number of ether oxygens (including phenoxy) is 2. The van der Waals surface area contributed by atoms with Crippen LogP contribution in [0.4, 0.5) is 0 Å². The van der Waals surface area contributed by atoms with Crippen LogP contribution in [0, 0.1) is 0 Å². The molecule has 3 heterocycles. The number of aromatic amines is 1. The Balaban J connectivity index is 1.69. The molecule has 5 rings (SSSR count). The number of hydrogen-bond donors (Lipinski definition) is 1. The first-order valence-electron chi connectivity index (χ1n) is 11.5. The maximum absolute atomic E-state index is 13.6. The molecule has 0 spiro atoms. The maximum Gasteiger partial charge on any atom is 0.246 e. The number of H-pyrrole nitrogens is 1. The zero-order valence-corrected chi connectivity index (χ0v) is 19.3. The van der Waals surface area contributed by atoms with E-state index in [0.717, 1.165) is 40.6 Å². The van der Waals surface area contributed by atoms with Crippen molar-refractivity contribution >= 4 is 22.7 Å². The standard InChI is InChI=1S/C26H29N3O4/c1-4-5-12-28-15-23(30)29-21(26(28)31)14-19-17-8-6-7-9-20(17)27-24(19)25(29)18-11-10-16(32-2)13-22(18)33-3/h6-11,13,21,25,27H,4-5,12,14-15H2,1-3H3/t21-,25-/m0/s1. The monoisotopic (exact) mass is 447 g/mol. The zero-order chi connectivity index (χ0) is 23.1. The minimum absolute atomic E-state index is 0.0245. The molecule has 3 aromatic rings. The van der Waals surface area contributed by atoms with Gasteiger partial charge in [-0.25, -0.2) is 0 Å². The highest BCUT2D eigenvalue weighted by Crippen LogP contribution is 2.45. The normalized spacial score (nSPS) is 20.1. The number of rotatable bonds is 6. The van der Waals surface area contributed by atoms with Gasteiger partial charge in [-0.3, -0.25) is 9.59 Å². The van der Waals surface area contributed by atoms with Crippen molar-refractivity contribution in [3.8, 4) is 11.5 Å². The molecular formula is C26H29N3O4. The summed E-state index contributed by atoms with van der Waals surface area (Å²) in [5.41, 5.74) is 3.87. The van der Waals surface area contributed by atoms with E-state index in [1.54, 1.807) is 24.0 Å². The van der Waals surface area contributed by atoms with Crippen molar-refractivity contribution in [3.05, 3.63) is 59.3 Å². The Hall–Kier alpha value is -3.48. The molecule has 1 aromatic heterocycles. The molecule has 0 saturated carbocycles. The molecule has 0 radical (unpaired) electrons. The number of unbranched alkanes of at least 4 members (excludes halogenated alkanes) is 1. The molecule has 7 nitrogen and oxygen atoms in total. The number of piperazine rings is 1. The number of benzene rings is 2. The van der Waals surface area contributed by atoms with Gasteiger partial charge in [0.2, 0.25) is 11.8 Å². The van der Waals surface area contributed by atoms with Gasteiger partial charge >= 0.3 is 0 Å². The van der Waals surface area contributed by atoms with Gasteiger partial charge in [0.15, 0.2) is 0 Å². The van der Waals surface area contributed by atoms with E-state index in [2.05, 4.69) is 18.0 Å². The fraction of sp³-hybridized carbons (Fsp3) is 0.385. The average molecular weight is 448 g/mol. The summed E-state index contributed by atoms with van der Waals surface area (Å²) in [7, 11) is 3.22. The molecule has 0 bridgehead atoms. The van der Waals surface area contributed by atoms with E-state index in [0.29, 0.717) is 24.5 Å². The van der Waals surface area contributed by atoms with E-state index in [4.69, 9.17) is 9.47 Å². The van der Waals surface area contributed by atoms with E-state index in [1.165, 1.54) is 0 Å². The highest BCUT2D eigenvalue weighted by atomic mass is 16.5. The summed E-state index contributed by atoms with van der Waals surface area (Å²) in [6.07, 6.45) is 2.37. The number of aromatic nitrogens is 1. The van der Waals surface area contributed by atoms with Gasteiger partial charge in [0.25, 0.3) is 0 Å². The minimum Gasteiger partial charge on any atom is -0.497 e. The molecule has 2 aromatic carbocycles. The lowest BCUT2D eigenvalue weighted by atomic mass is 9.85. The first-order valence-corrected chi connectivity index (χ1v) is 11.5. The SMILES string of the molecule is CCCCN1CC(=O)N2[C@@H](c3ccc(OC)cc3OC)c3[nH]c4ccccc4c3C[C@H]2C1=O. The summed E-state index contributed by atoms with van der Waals surface area (Å²) in [5.74, 6) is 1.28. The molecule has 1 saturated heterocycles. The number of hydrogen-bond acceptors (Lipinski definition) is 4. The van der Waals surface area contributed by atoms with E-state index in [1.807, 2.05) is 36.4 Å².